The SMILES string of the molecule is Nc1cncc(N2C=CN=CC2)n1. The normalized spacial score (nSPS) is 14.9. The Bertz CT molecular complexity index is 357. The Labute approximate surface area is 75.6 Å². The van der Waals surface area contributed by atoms with Crippen LogP contribution in [0.5, 0.6) is 0 Å². The molecule has 5 nitrogen and oxygen atoms in total. The maximum absolute atomic E-state index is 5.51. The number of nitrogens with two attached hydrogens (primary N) is 1. The van der Waals surface area contributed by atoms with Crippen molar-refractivity contribution in [3.05, 3.63) is 24.8 Å². The van der Waals surface area contributed by atoms with Crippen LogP contribution in [-0.2, 0) is 0 Å². The molecular formula is C8H9N5. The van der Waals surface area contributed by atoms with Gasteiger partial charge in [-0.25, -0.2) is 4.98 Å². The van der Waals surface area contributed by atoms with Crippen molar-refractivity contribution in [2.75, 3.05) is 17.2 Å². The van der Waals surface area contributed by atoms with Gasteiger partial charge >= 0.3 is 0 Å². The van der Waals surface area contributed by atoms with Gasteiger partial charge in [-0.05, 0) is 0 Å². The van der Waals surface area contributed by atoms with Crippen LogP contribution in [0.1, 0.15) is 0 Å². The molecule has 2 heterocycles. The zero-order chi connectivity index (χ0) is 9.10. The van der Waals surface area contributed by atoms with Gasteiger partial charge in [0.25, 0.3) is 0 Å². The number of aromatic nitrogens is 2. The summed E-state index contributed by atoms with van der Waals surface area (Å²) in [4.78, 5) is 13.9. The molecule has 1 aliphatic rings. The van der Waals surface area contributed by atoms with Crippen molar-refractivity contribution in [3.8, 4) is 0 Å². The molecule has 0 bridgehead atoms. The molecule has 13 heavy (non-hydrogen) atoms. The Morgan fingerprint density at radius 2 is 2.31 bits per heavy atom. The molecule has 2 N–H and O–H groups in total. The van der Waals surface area contributed by atoms with Crippen molar-refractivity contribution in [1.82, 2.24) is 9.97 Å². The van der Waals surface area contributed by atoms with Crippen LogP contribution in [0, 0.1) is 0 Å². The number of nitrogen functional groups attached to an aromatic ring is 1. The second-order valence-corrected chi connectivity index (χ2v) is 2.58. The highest BCUT2D eigenvalue weighted by Crippen LogP contribution is 2.11. The highest BCUT2D eigenvalue weighted by molar-refractivity contribution is 5.68. The highest BCUT2D eigenvalue weighted by Gasteiger charge is 2.05. The van der Waals surface area contributed by atoms with Crippen molar-refractivity contribution in [3.63, 3.8) is 0 Å². The molecule has 0 aliphatic carbocycles. The minimum Gasteiger partial charge on any atom is -0.382 e. The quantitative estimate of drug-likeness (QED) is 0.671. The molecule has 1 aromatic heterocycles. The van der Waals surface area contributed by atoms with Gasteiger partial charge in [-0.3, -0.25) is 9.98 Å². The van der Waals surface area contributed by atoms with E-state index in [4.69, 9.17) is 5.73 Å². The first-order valence-corrected chi connectivity index (χ1v) is 3.89. The summed E-state index contributed by atoms with van der Waals surface area (Å²) >= 11 is 0. The minimum absolute atomic E-state index is 0.424. The van der Waals surface area contributed by atoms with Crippen LogP contribution in [0.3, 0.4) is 0 Å². The largest absolute Gasteiger partial charge is 0.382 e. The first-order chi connectivity index (χ1) is 6.36. The molecule has 0 fully saturated rings. The molecule has 0 unspecified atom stereocenters. The zero-order valence-electron chi connectivity index (χ0n) is 6.96. The van der Waals surface area contributed by atoms with Crippen LogP contribution in [0.25, 0.3) is 0 Å². The number of anilines is 2. The van der Waals surface area contributed by atoms with Gasteiger partial charge in [-0.1, -0.05) is 0 Å². The number of rotatable bonds is 1. The van der Waals surface area contributed by atoms with E-state index in [1.807, 2.05) is 11.1 Å². The fraction of sp³-hybridized carbons (Fsp3) is 0.125. The maximum Gasteiger partial charge on any atom is 0.153 e. The van der Waals surface area contributed by atoms with Gasteiger partial charge in [0, 0.05) is 18.6 Å². The summed E-state index contributed by atoms with van der Waals surface area (Å²) in [5.74, 6) is 1.16. The fourth-order valence-electron chi connectivity index (χ4n) is 1.05. The first kappa shape index (κ1) is 7.72. The molecule has 5 heteroatoms. The molecular weight excluding hydrogens is 166 g/mol. The molecule has 0 saturated carbocycles. The van der Waals surface area contributed by atoms with Gasteiger partial charge < -0.3 is 10.6 Å². The number of hydrogen-bond donors (Lipinski definition) is 1. The Kier molecular flexibility index (Phi) is 1.91. The fourth-order valence-corrected chi connectivity index (χ4v) is 1.05. The summed E-state index contributed by atoms with van der Waals surface area (Å²) in [6, 6.07) is 0. The van der Waals surface area contributed by atoms with Crippen LogP contribution < -0.4 is 10.6 Å². The Morgan fingerprint density at radius 3 is 3.00 bits per heavy atom. The summed E-state index contributed by atoms with van der Waals surface area (Å²) < 4.78 is 0. The highest BCUT2D eigenvalue weighted by atomic mass is 15.2. The average Bonchev–Trinajstić information content (AvgIpc) is 2.19. The number of nitrogens with zero attached hydrogens (tertiary/aromatic N) is 4. The van der Waals surface area contributed by atoms with Crippen molar-refractivity contribution in [1.29, 1.82) is 0 Å². The van der Waals surface area contributed by atoms with Crippen LogP contribution in [0.4, 0.5) is 11.6 Å². The molecule has 0 atom stereocenters. The lowest BCUT2D eigenvalue weighted by Gasteiger charge is -2.17. The van der Waals surface area contributed by atoms with Crippen molar-refractivity contribution >= 4 is 17.9 Å². The molecule has 0 amide bonds. The topological polar surface area (TPSA) is 67.4 Å². The van der Waals surface area contributed by atoms with E-state index >= 15 is 0 Å². The molecule has 0 saturated heterocycles. The van der Waals surface area contributed by atoms with Gasteiger partial charge in [0.2, 0.25) is 0 Å². The van der Waals surface area contributed by atoms with Crippen molar-refractivity contribution in [2.24, 2.45) is 4.99 Å². The summed E-state index contributed by atoms with van der Waals surface area (Å²) in [5, 5.41) is 0. The summed E-state index contributed by atoms with van der Waals surface area (Å²) in [6.07, 6.45) is 8.52. The van der Waals surface area contributed by atoms with Crippen molar-refractivity contribution in [2.45, 2.75) is 0 Å². The Hall–Kier alpha value is -1.91. The van der Waals surface area contributed by atoms with E-state index in [1.165, 1.54) is 6.20 Å². The van der Waals surface area contributed by atoms with E-state index in [-0.39, 0.29) is 0 Å². The lowest BCUT2D eigenvalue weighted by Crippen LogP contribution is -2.21. The Balaban J connectivity index is 2.25. The molecule has 0 spiro atoms. The summed E-state index contributed by atoms with van der Waals surface area (Å²) in [5.41, 5.74) is 5.51. The van der Waals surface area contributed by atoms with Crippen LogP contribution in [0.2, 0.25) is 0 Å². The molecule has 66 valence electrons. The third-order valence-corrected chi connectivity index (χ3v) is 1.65. The van der Waals surface area contributed by atoms with Crippen molar-refractivity contribution < 1.29 is 0 Å². The monoisotopic (exact) mass is 175 g/mol. The maximum atomic E-state index is 5.51. The third-order valence-electron chi connectivity index (χ3n) is 1.65. The molecule has 0 aromatic carbocycles. The predicted molar refractivity (Wildman–Crippen MR) is 51.4 cm³/mol. The molecule has 2 rings (SSSR count). The van der Waals surface area contributed by atoms with Crippen LogP contribution in [-0.4, -0.2) is 22.7 Å². The predicted octanol–water partition coefficient (Wildman–Crippen LogP) is 0.421. The second kappa shape index (κ2) is 3.22. The Morgan fingerprint density at radius 1 is 1.38 bits per heavy atom. The van der Waals surface area contributed by atoms with E-state index in [9.17, 15) is 0 Å². The standard InChI is InChI=1S/C8H9N5/c9-7-5-11-6-8(12-7)13-3-1-10-2-4-13/h1-3,5-6H,4H2,(H2,9,12). The van der Waals surface area contributed by atoms with Crippen LogP contribution in [0.15, 0.2) is 29.8 Å². The lowest BCUT2D eigenvalue weighted by atomic mass is 10.5. The van der Waals surface area contributed by atoms with Gasteiger partial charge in [0.05, 0.1) is 18.9 Å². The third kappa shape index (κ3) is 1.64. The number of hydrogen-bond acceptors (Lipinski definition) is 5. The van der Waals surface area contributed by atoms with E-state index < -0.39 is 0 Å². The van der Waals surface area contributed by atoms with Crippen LogP contribution >= 0.6 is 0 Å². The first-order valence-electron chi connectivity index (χ1n) is 3.89. The number of aliphatic imine (C=N–C) groups is 1. The zero-order valence-corrected chi connectivity index (χ0v) is 6.96. The van der Waals surface area contributed by atoms with Gasteiger partial charge in [0.1, 0.15) is 5.82 Å². The van der Waals surface area contributed by atoms with E-state index in [0.29, 0.717) is 12.4 Å². The summed E-state index contributed by atoms with van der Waals surface area (Å²) in [6.45, 7) is 0.703. The molecule has 1 aromatic rings. The molecule has 0 radical (unpaired) electrons. The smallest absolute Gasteiger partial charge is 0.153 e. The van der Waals surface area contributed by atoms with Gasteiger partial charge in [-0.15, -0.1) is 0 Å². The van der Waals surface area contributed by atoms with E-state index in [0.717, 1.165) is 5.82 Å². The average molecular weight is 175 g/mol. The lowest BCUT2D eigenvalue weighted by molar-refractivity contribution is 1.03. The van der Waals surface area contributed by atoms with E-state index in [2.05, 4.69) is 15.0 Å². The minimum atomic E-state index is 0.424. The second-order valence-electron chi connectivity index (χ2n) is 2.58. The van der Waals surface area contributed by atoms with E-state index in [1.54, 1.807) is 18.6 Å². The van der Waals surface area contributed by atoms with Gasteiger partial charge in [-0.2, -0.15) is 0 Å². The van der Waals surface area contributed by atoms with Gasteiger partial charge in [0.15, 0.2) is 5.82 Å². The summed E-state index contributed by atoms with van der Waals surface area (Å²) in [7, 11) is 0. The molecule has 1 aliphatic heterocycles.